The number of benzene rings is 3. The van der Waals surface area contributed by atoms with Crippen molar-refractivity contribution in [1.82, 2.24) is 0 Å². The number of carbonyl (C=O) groups excluding carboxylic acids is 1. The molecule has 0 bridgehead atoms. The van der Waals surface area contributed by atoms with Crippen molar-refractivity contribution in [2.24, 2.45) is 0 Å². The number of carbonyl (C=O) groups is 1. The minimum atomic E-state index is -0.289. The van der Waals surface area contributed by atoms with Crippen molar-refractivity contribution in [3.8, 4) is 11.1 Å². The van der Waals surface area contributed by atoms with E-state index in [0.717, 1.165) is 35.1 Å². The number of alkyl halides is 2. The van der Waals surface area contributed by atoms with Crippen molar-refractivity contribution < 1.29 is 10.2 Å². The lowest BCUT2D eigenvalue weighted by molar-refractivity contribution is -0.111. The lowest BCUT2D eigenvalue weighted by Crippen LogP contribution is -2.46. The van der Waals surface area contributed by atoms with Gasteiger partial charge in [-0.15, -0.1) is 23.2 Å². The molecule has 0 unspecified atom stereocenters. The monoisotopic (exact) mass is 436 g/mol. The van der Waals surface area contributed by atoms with E-state index in [2.05, 4.69) is 18.2 Å². The Hall–Kier alpha value is -2.42. The lowest BCUT2D eigenvalue weighted by atomic mass is 9.73. The Morgan fingerprint density at radius 2 is 1.50 bits per heavy atom. The van der Waals surface area contributed by atoms with Crippen LogP contribution in [-0.2, 0) is 5.41 Å². The van der Waals surface area contributed by atoms with Crippen LogP contribution in [-0.4, -0.2) is 23.3 Å². The van der Waals surface area contributed by atoms with E-state index in [1.54, 1.807) is 0 Å². The van der Waals surface area contributed by atoms with Crippen molar-refractivity contribution in [2.45, 2.75) is 25.2 Å². The number of hydrogen-bond donors (Lipinski definition) is 1. The normalized spacial score (nSPS) is 13.6. The van der Waals surface area contributed by atoms with Crippen molar-refractivity contribution in [2.75, 3.05) is 11.8 Å². The summed E-state index contributed by atoms with van der Waals surface area (Å²) in [5.74, 6) is 0.870. The van der Waals surface area contributed by atoms with Crippen molar-refractivity contribution >= 4 is 34.7 Å². The van der Waals surface area contributed by atoms with Gasteiger partial charge in [0.05, 0.1) is 5.56 Å². The first-order valence-electron chi connectivity index (χ1n) is 10.1. The maximum absolute atomic E-state index is 13.3. The summed E-state index contributed by atoms with van der Waals surface area (Å²) in [5.41, 5.74) is 7.03. The Kier molecular flexibility index (Phi) is 5.81. The second-order valence-corrected chi connectivity index (χ2v) is 8.58. The average molecular weight is 437 g/mol. The lowest BCUT2D eigenvalue weighted by Gasteiger charge is -2.31. The zero-order valence-corrected chi connectivity index (χ0v) is 18.4. The van der Waals surface area contributed by atoms with Gasteiger partial charge in [0, 0.05) is 22.7 Å². The van der Waals surface area contributed by atoms with Crippen LogP contribution in [0.25, 0.3) is 11.1 Å². The number of Topliss-reactive ketones (excluding diaryl/α,β-unsaturated/α-hetero) is 1. The Bertz CT molecular complexity index is 1130. The summed E-state index contributed by atoms with van der Waals surface area (Å²) in [4.78, 5) is 13.3. The van der Waals surface area contributed by atoms with E-state index < -0.39 is 0 Å². The standard InChI is InChI=1S/C26H23Cl2NO/c1-17-6-2-3-7-19(17)24(29)25(30)18-10-11-21-20-8-4-5-9-22(20)26(12-14-27,13-15-28)23(21)16-18/h2-11,16,29H,12-15H2,1H3/p+1. The van der Waals surface area contributed by atoms with Crippen molar-refractivity contribution in [3.63, 3.8) is 0 Å². The molecule has 1 aliphatic rings. The summed E-state index contributed by atoms with van der Waals surface area (Å²) < 4.78 is 0. The molecule has 3 aromatic carbocycles. The quantitative estimate of drug-likeness (QED) is 0.317. The first-order valence-corrected chi connectivity index (χ1v) is 11.2. The van der Waals surface area contributed by atoms with Gasteiger partial charge >= 0.3 is 0 Å². The molecule has 2 N–H and O–H groups in total. The van der Waals surface area contributed by atoms with E-state index >= 15 is 0 Å². The topological polar surface area (TPSA) is 42.7 Å². The van der Waals surface area contributed by atoms with Crippen molar-refractivity contribution in [3.05, 3.63) is 94.5 Å². The number of aryl methyl sites for hydroxylation is 1. The van der Waals surface area contributed by atoms with Crippen LogP contribution in [0.2, 0.25) is 0 Å². The zero-order valence-electron chi connectivity index (χ0n) is 16.9. The molecule has 1 aliphatic carbocycles. The largest absolute Gasteiger partial charge is 0.282 e. The van der Waals surface area contributed by atoms with Crippen LogP contribution in [0.15, 0.2) is 66.7 Å². The van der Waals surface area contributed by atoms with Crippen LogP contribution in [0.3, 0.4) is 0 Å². The van der Waals surface area contributed by atoms with Gasteiger partial charge in [-0.1, -0.05) is 54.6 Å². The maximum Gasteiger partial charge on any atom is 0.256 e. The molecule has 0 aromatic heterocycles. The Balaban J connectivity index is 1.83. The molecule has 0 saturated heterocycles. The summed E-state index contributed by atoms with van der Waals surface area (Å²) in [6.45, 7) is 1.96. The third-order valence-corrected chi connectivity index (χ3v) is 6.63. The van der Waals surface area contributed by atoms with E-state index in [-0.39, 0.29) is 16.9 Å². The average Bonchev–Trinajstić information content (AvgIpc) is 3.03. The van der Waals surface area contributed by atoms with Gasteiger partial charge in [-0.2, -0.15) is 0 Å². The molecular weight excluding hydrogens is 413 g/mol. The SMILES string of the molecule is Cc1ccccc1C(=[NH2+])C(=O)c1ccc2c(c1)C(CCCl)(CCCl)c1ccccc1-2. The van der Waals surface area contributed by atoms with E-state index in [0.29, 0.717) is 17.3 Å². The molecule has 4 heteroatoms. The first-order chi connectivity index (χ1) is 14.5. The zero-order chi connectivity index (χ0) is 21.3. The summed E-state index contributed by atoms with van der Waals surface area (Å²) in [5, 5.41) is 6.31. The number of rotatable bonds is 7. The molecule has 0 saturated carbocycles. The highest BCUT2D eigenvalue weighted by Gasteiger charge is 2.42. The maximum atomic E-state index is 13.3. The van der Waals surface area contributed by atoms with E-state index in [4.69, 9.17) is 28.6 Å². The van der Waals surface area contributed by atoms with E-state index in [9.17, 15) is 4.79 Å². The Morgan fingerprint density at radius 3 is 2.20 bits per heavy atom. The number of fused-ring (bicyclic) bond motifs is 3. The smallest absolute Gasteiger partial charge is 0.256 e. The summed E-state index contributed by atoms with van der Waals surface area (Å²) >= 11 is 12.5. The molecule has 0 spiro atoms. The van der Waals surface area contributed by atoms with Crippen LogP contribution >= 0.6 is 23.2 Å². The Morgan fingerprint density at radius 1 is 0.867 bits per heavy atom. The highest BCUT2D eigenvalue weighted by molar-refractivity contribution is 6.49. The molecule has 2 nitrogen and oxygen atoms in total. The molecule has 0 amide bonds. The molecule has 0 aliphatic heterocycles. The van der Waals surface area contributed by atoms with Gasteiger partial charge in [-0.05, 0) is 59.7 Å². The molecule has 0 fully saturated rings. The molecule has 4 rings (SSSR count). The minimum absolute atomic E-state index is 0.159. The third kappa shape index (κ3) is 3.29. The predicted octanol–water partition coefficient (Wildman–Crippen LogP) is 4.95. The highest BCUT2D eigenvalue weighted by atomic mass is 35.5. The summed E-state index contributed by atoms with van der Waals surface area (Å²) in [6.07, 6.45) is 1.53. The number of hydrogen-bond acceptors (Lipinski definition) is 1. The summed E-state index contributed by atoms with van der Waals surface area (Å²) in [6, 6.07) is 22.0. The number of ketones is 1. The first kappa shape index (κ1) is 20.8. The van der Waals surface area contributed by atoms with Crippen LogP contribution in [0.5, 0.6) is 0 Å². The predicted molar refractivity (Wildman–Crippen MR) is 125 cm³/mol. The fourth-order valence-corrected chi connectivity index (χ4v) is 5.38. The molecule has 3 aromatic rings. The fourth-order valence-electron chi connectivity index (χ4n) is 4.74. The Labute approximate surface area is 187 Å². The fraction of sp³-hybridized carbons (Fsp3) is 0.231. The van der Waals surface area contributed by atoms with Gasteiger partial charge in [-0.25, -0.2) is 0 Å². The van der Waals surface area contributed by atoms with Gasteiger partial charge < -0.3 is 0 Å². The highest BCUT2D eigenvalue weighted by Crippen LogP contribution is 2.53. The van der Waals surface area contributed by atoms with Crippen molar-refractivity contribution in [1.29, 1.82) is 0 Å². The third-order valence-electron chi connectivity index (χ3n) is 6.25. The second-order valence-electron chi connectivity index (χ2n) is 7.82. The molecule has 0 atom stereocenters. The van der Waals surface area contributed by atoms with E-state index in [1.807, 2.05) is 55.5 Å². The number of halogens is 2. The molecule has 0 radical (unpaired) electrons. The van der Waals surface area contributed by atoms with Crippen LogP contribution in [0, 0.1) is 6.92 Å². The van der Waals surface area contributed by atoms with Gasteiger partial charge in [0.1, 0.15) is 0 Å². The van der Waals surface area contributed by atoms with Gasteiger partial charge in [0.25, 0.3) is 11.5 Å². The van der Waals surface area contributed by atoms with Crippen LogP contribution in [0.1, 0.15) is 45.5 Å². The van der Waals surface area contributed by atoms with Crippen LogP contribution < -0.4 is 5.41 Å². The second kappa shape index (κ2) is 8.37. The molecule has 152 valence electrons. The summed E-state index contributed by atoms with van der Waals surface area (Å²) in [7, 11) is 0. The van der Waals surface area contributed by atoms with Gasteiger partial charge in [-0.3, -0.25) is 10.2 Å². The number of nitrogens with two attached hydrogens (primary N) is 1. The molecular formula is C26H24Cl2NO+. The van der Waals surface area contributed by atoms with E-state index in [1.165, 1.54) is 11.1 Å². The van der Waals surface area contributed by atoms with Gasteiger partial charge in [0.2, 0.25) is 0 Å². The minimum Gasteiger partial charge on any atom is -0.282 e. The molecule has 0 heterocycles. The molecule has 30 heavy (non-hydrogen) atoms. The van der Waals surface area contributed by atoms with Gasteiger partial charge in [0.15, 0.2) is 0 Å². The van der Waals surface area contributed by atoms with Crippen LogP contribution in [0.4, 0.5) is 0 Å².